The average molecular weight is 291 g/mol. The third-order valence-corrected chi connectivity index (χ3v) is 3.27. The van der Waals surface area contributed by atoms with Gasteiger partial charge in [-0.05, 0) is 43.0 Å². The third-order valence-electron chi connectivity index (χ3n) is 3.27. The molecule has 1 aromatic heterocycles. The van der Waals surface area contributed by atoms with Crippen molar-refractivity contribution in [2.75, 3.05) is 0 Å². The van der Waals surface area contributed by atoms with Crippen molar-refractivity contribution in [2.45, 2.75) is 32.2 Å². The number of aromatic amines is 1. The third kappa shape index (κ3) is 4.30. The molecule has 112 valence electrons. The van der Waals surface area contributed by atoms with Gasteiger partial charge in [-0.3, -0.25) is 9.89 Å². The highest BCUT2D eigenvalue weighted by atomic mass is 19.1. The number of carbonyl (C=O) groups excluding carboxylic acids is 1. The summed E-state index contributed by atoms with van der Waals surface area (Å²) < 4.78 is 13.3. The Labute approximate surface area is 122 Å². The predicted molar refractivity (Wildman–Crippen MR) is 76.1 cm³/mol. The van der Waals surface area contributed by atoms with E-state index < -0.39 is 11.6 Å². The molecule has 0 saturated carbocycles. The van der Waals surface area contributed by atoms with Crippen LogP contribution in [0.2, 0.25) is 0 Å². The number of halogens is 1. The average Bonchev–Trinajstić information content (AvgIpc) is 2.95. The first-order valence-electron chi connectivity index (χ1n) is 6.81. The fourth-order valence-electron chi connectivity index (χ4n) is 2.06. The van der Waals surface area contributed by atoms with Crippen molar-refractivity contribution >= 4 is 5.91 Å². The number of aryl methyl sites for hydroxylation is 1. The minimum absolute atomic E-state index is 0.0838. The van der Waals surface area contributed by atoms with E-state index in [1.165, 1.54) is 12.1 Å². The minimum atomic E-state index is -0.687. The van der Waals surface area contributed by atoms with Gasteiger partial charge in [0.15, 0.2) is 11.6 Å². The van der Waals surface area contributed by atoms with Gasteiger partial charge in [-0.15, -0.1) is 0 Å². The van der Waals surface area contributed by atoms with Gasteiger partial charge < -0.3 is 10.4 Å². The first-order chi connectivity index (χ1) is 10.1. The fourth-order valence-corrected chi connectivity index (χ4v) is 2.06. The molecule has 3 N–H and O–H groups in total. The molecule has 1 aromatic carbocycles. The second-order valence-electron chi connectivity index (χ2n) is 4.96. The molecule has 0 spiro atoms. The van der Waals surface area contributed by atoms with Crippen LogP contribution in [0.25, 0.3) is 0 Å². The Morgan fingerprint density at radius 1 is 1.52 bits per heavy atom. The number of carbonyl (C=O) groups is 1. The SMILES string of the molecule is C[C@H](NC(=O)CCCc1cn[nH]c1)c1ccc(O)c(F)c1. The lowest BCUT2D eigenvalue weighted by Crippen LogP contribution is -2.26. The summed E-state index contributed by atoms with van der Waals surface area (Å²) in [7, 11) is 0. The number of aromatic nitrogens is 2. The zero-order valence-corrected chi connectivity index (χ0v) is 11.8. The Hall–Kier alpha value is -2.37. The van der Waals surface area contributed by atoms with Crippen LogP contribution in [0, 0.1) is 5.82 Å². The summed E-state index contributed by atoms with van der Waals surface area (Å²) in [6, 6.07) is 3.80. The molecule has 0 bridgehead atoms. The van der Waals surface area contributed by atoms with E-state index in [9.17, 15) is 9.18 Å². The molecule has 0 aliphatic heterocycles. The molecule has 21 heavy (non-hydrogen) atoms. The highest BCUT2D eigenvalue weighted by molar-refractivity contribution is 5.76. The number of hydrogen-bond donors (Lipinski definition) is 3. The van der Waals surface area contributed by atoms with E-state index >= 15 is 0 Å². The molecule has 0 aliphatic carbocycles. The maximum absolute atomic E-state index is 13.3. The number of aromatic hydroxyl groups is 1. The van der Waals surface area contributed by atoms with Gasteiger partial charge in [-0.25, -0.2) is 4.39 Å². The lowest BCUT2D eigenvalue weighted by Gasteiger charge is -2.14. The number of nitrogens with one attached hydrogen (secondary N) is 2. The standard InChI is InChI=1S/C15H18FN3O2/c1-10(12-5-6-14(20)13(16)7-12)19-15(21)4-2-3-11-8-17-18-9-11/h5-10,20H,2-4H2,1H3,(H,17,18)(H,19,21)/t10-/m0/s1. The summed E-state index contributed by atoms with van der Waals surface area (Å²) in [5, 5.41) is 18.5. The van der Waals surface area contributed by atoms with Crippen LogP contribution in [0.3, 0.4) is 0 Å². The zero-order valence-electron chi connectivity index (χ0n) is 11.8. The second-order valence-corrected chi connectivity index (χ2v) is 4.96. The van der Waals surface area contributed by atoms with Crippen LogP contribution in [-0.4, -0.2) is 21.2 Å². The highest BCUT2D eigenvalue weighted by Crippen LogP contribution is 2.20. The Bertz CT molecular complexity index is 599. The molecule has 0 fully saturated rings. The number of phenols is 1. The van der Waals surface area contributed by atoms with Gasteiger partial charge in [0.25, 0.3) is 0 Å². The molecule has 1 atom stereocenters. The number of amides is 1. The summed E-state index contributed by atoms with van der Waals surface area (Å²) in [5.41, 5.74) is 1.69. The van der Waals surface area contributed by atoms with E-state index in [0.717, 1.165) is 18.4 Å². The van der Waals surface area contributed by atoms with E-state index in [4.69, 9.17) is 5.11 Å². The molecule has 1 heterocycles. The summed E-state index contributed by atoms with van der Waals surface area (Å²) >= 11 is 0. The summed E-state index contributed by atoms with van der Waals surface area (Å²) in [4.78, 5) is 11.8. The van der Waals surface area contributed by atoms with Crippen molar-refractivity contribution in [1.29, 1.82) is 0 Å². The van der Waals surface area contributed by atoms with Crippen LogP contribution in [0.4, 0.5) is 4.39 Å². The van der Waals surface area contributed by atoms with Crippen LogP contribution in [0.15, 0.2) is 30.6 Å². The van der Waals surface area contributed by atoms with Gasteiger partial charge in [-0.2, -0.15) is 5.10 Å². The van der Waals surface area contributed by atoms with Crippen LogP contribution in [0.1, 0.15) is 36.9 Å². The number of H-pyrrole nitrogens is 1. The van der Waals surface area contributed by atoms with Gasteiger partial charge in [0, 0.05) is 12.6 Å². The molecule has 6 heteroatoms. The van der Waals surface area contributed by atoms with Crippen LogP contribution in [-0.2, 0) is 11.2 Å². The van der Waals surface area contributed by atoms with Gasteiger partial charge in [0.2, 0.25) is 5.91 Å². The van der Waals surface area contributed by atoms with Crippen molar-refractivity contribution < 1.29 is 14.3 Å². The van der Waals surface area contributed by atoms with Crippen LogP contribution >= 0.6 is 0 Å². The fraction of sp³-hybridized carbons (Fsp3) is 0.333. The maximum atomic E-state index is 13.3. The molecular weight excluding hydrogens is 273 g/mol. The number of rotatable bonds is 6. The molecule has 0 aliphatic rings. The first-order valence-corrected chi connectivity index (χ1v) is 6.81. The van der Waals surface area contributed by atoms with E-state index in [-0.39, 0.29) is 11.9 Å². The van der Waals surface area contributed by atoms with Crippen molar-refractivity contribution in [3.8, 4) is 5.75 Å². The van der Waals surface area contributed by atoms with Crippen molar-refractivity contribution in [3.05, 3.63) is 47.5 Å². The highest BCUT2D eigenvalue weighted by Gasteiger charge is 2.11. The Morgan fingerprint density at radius 3 is 3.00 bits per heavy atom. The van der Waals surface area contributed by atoms with Crippen LogP contribution in [0.5, 0.6) is 5.75 Å². The largest absolute Gasteiger partial charge is 0.505 e. The number of phenolic OH excluding ortho intramolecular Hbond substituents is 1. The lowest BCUT2D eigenvalue weighted by molar-refractivity contribution is -0.121. The number of hydrogen-bond acceptors (Lipinski definition) is 3. The second kappa shape index (κ2) is 6.88. The van der Waals surface area contributed by atoms with Crippen molar-refractivity contribution in [3.63, 3.8) is 0 Å². The maximum Gasteiger partial charge on any atom is 0.220 e. The van der Waals surface area contributed by atoms with E-state index in [0.29, 0.717) is 12.0 Å². The minimum Gasteiger partial charge on any atom is -0.505 e. The normalized spacial score (nSPS) is 12.1. The van der Waals surface area contributed by atoms with Gasteiger partial charge in [0.05, 0.1) is 12.2 Å². The number of nitrogens with zero attached hydrogens (tertiary/aromatic N) is 1. The molecule has 0 unspecified atom stereocenters. The Morgan fingerprint density at radius 2 is 2.33 bits per heavy atom. The molecule has 2 rings (SSSR count). The predicted octanol–water partition coefficient (Wildman–Crippen LogP) is 2.45. The Kier molecular flexibility index (Phi) is 4.92. The summed E-state index contributed by atoms with van der Waals surface area (Å²) in [6.07, 6.45) is 5.45. The van der Waals surface area contributed by atoms with Gasteiger partial charge in [-0.1, -0.05) is 6.07 Å². The van der Waals surface area contributed by atoms with Crippen molar-refractivity contribution in [2.24, 2.45) is 0 Å². The molecular formula is C15H18FN3O2. The monoisotopic (exact) mass is 291 g/mol. The molecule has 1 amide bonds. The van der Waals surface area contributed by atoms with Gasteiger partial charge >= 0.3 is 0 Å². The topological polar surface area (TPSA) is 78.0 Å². The summed E-state index contributed by atoms with van der Waals surface area (Å²) in [5.74, 6) is -1.16. The van der Waals surface area contributed by atoms with E-state index in [1.807, 2.05) is 0 Å². The van der Waals surface area contributed by atoms with Crippen LogP contribution < -0.4 is 5.32 Å². The number of benzene rings is 1. The van der Waals surface area contributed by atoms with Gasteiger partial charge in [0.1, 0.15) is 0 Å². The molecule has 0 saturated heterocycles. The van der Waals surface area contributed by atoms with Crippen molar-refractivity contribution in [1.82, 2.24) is 15.5 Å². The molecule has 2 aromatic rings. The summed E-state index contributed by atoms with van der Waals surface area (Å²) in [6.45, 7) is 1.78. The lowest BCUT2D eigenvalue weighted by atomic mass is 10.1. The quantitative estimate of drug-likeness (QED) is 0.765. The van der Waals surface area contributed by atoms with E-state index in [1.54, 1.807) is 25.4 Å². The Balaban J connectivity index is 1.79. The molecule has 0 radical (unpaired) electrons. The zero-order chi connectivity index (χ0) is 15.2. The first kappa shape index (κ1) is 15.0. The smallest absolute Gasteiger partial charge is 0.220 e. The molecule has 5 nitrogen and oxygen atoms in total. The van der Waals surface area contributed by atoms with E-state index in [2.05, 4.69) is 15.5 Å².